The number of carboxylic acids is 1. The first-order valence-corrected chi connectivity index (χ1v) is 7.25. The highest BCUT2D eigenvalue weighted by Crippen LogP contribution is 2.20. The first kappa shape index (κ1) is 14.9. The molecule has 1 saturated heterocycles. The summed E-state index contributed by atoms with van der Waals surface area (Å²) in [6, 6.07) is 8.08. The van der Waals surface area contributed by atoms with Crippen LogP contribution >= 0.6 is 0 Å². The third-order valence-corrected chi connectivity index (χ3v) is 3.56. The highest BCUT2D eigenvalue weighted by Gasteiger charge is 2.25. The van der Waals surface area contributed by atoms with Crippen molar-refractivity contribution in [3.63, 3.8) is 0 Å². The topological polar surface area (TPSA) is 49.8 Å². The van der Waals surface area contributed by atoms with Crippen molar-refractivity contribution in [3.05, 3.63) is 29.8 Å². The minimum absolute atomic E-state index is 0.180. The molecule has 1 aliphatic heterocycles. The summed E-state index contributed by atoms with van der Waals surface area (Å²) in [5.74, 6) is -0.00603. The lowest BCUT2D eigenvalue weighted by atomic mass is 9.98. The van der Waals surface area contributed by atoms with Gasteiger partial charge in [-0.1, -0.05) is 12.1 Å². The fourth-order valence-electron chi connectivity index (χ4n) is 2.60. The van der Waals surface area contributed by atoms with Crippen molar-refractivity contribution in [2.24, 2.45) is 5.92 Å². The number of likely N-dealkylation sites (tertiary alicyclic amines) is 1. The van der Waals surface area contributed by atoms with Gasteiger partial charge in [0.25, 0.3) is 0 Å². The van der Waals surface area contributed by atoms with Gasteiger partial charge in [0.15, 0.2) is 0 Å². The van der Waals surface area contributed by atoms with Crippen molar-refractivity contribution in [1.82, 2.24) is 4.90 Å². The summed E-state index contributed by atoms with van der Waals surface area (Å²) in [5, 5.41) is 9.10. The molecular formula is C16H23NO3. The maximum atomic E-state index is 11.1. The Labute approximate surface area is 120 Å². The summed E-state index contributed by atoms with van der Waals surface area (Å²) >= 11 is 0. The van der Waals surface area contributed by atoms with Crippen LogP contribution in [0.3, 0.4) is 0 Å². The second-order valence-corrected chi connectivity index (χ2v) is 5.72. The molecule has 0 amide bonds. The van der Waals surface area contributed by atoms with E-state index in [0.717, 1.165) is 31.7 Å². The Morgan fingerprint density at radius 1 is 1.40 bits per heavy atom. The van der Waals surface area contributed by atoms with Crippen LogP contribution in [0.5, 0.6) is 5.75 Å². The summed E-state index contributed by atoms with van der Waals surface area (Å²) in [5.41, 5.74) is 1.20. The van der Waals surface area contributed by atoms with Gasteiger partial charge in [-0.25, -0.2) is 0 Å². The molecule has 1 aliphatic rings. The number of aliphatic carboxylic acids is 1. The van der Waals surface area contributed by atoms with Crippen LogP contribution < -0.4 is 4.74 Å². The first-order chi connectivity index (χ1) is 9.54. The predicted molar refractivity (Wildman–Crippen MR) is 77.8 cm³/mol. The smallest absolute Gasteiger partial charge is 0.307 e. The second kappa shape index (κ2) is 6.75. The van der Waals surface area contributed by atoms with E-state index in [-0.39, 0.29) is 12.0 Å². The van der Waals surface area contributed by atoms with E-state index < -0.39 is 5.97 Å². The molecule has 4 nitrogen and oxygen atoms in total. The average molecular weight is 277 g/mol. The van der Waals surface area contributed by atoms with Gasteiger partial charge in [0.05, 0.1) is 12.0 Å². The molecule has 0 aliphatic carbocycles. The number of carbonyl (C=O) groups is 1. The maximum absolute atomic E-state index is 11.1. The van der Waals surface area contributed by atoms with Gasteiger partial charge in [-0.05, 0) is 50.9 Å². The molecule has 0 spiro atoms. The van der Waals surface area contributed by atoms with Gasteiger partial charge < -0.3 is 9.84 Å². The average Bonchev–Trinajstić information content (AvgIpc) is 2.41. The Morgan fingerprint density at radius 3 is 2.70 bits per heavy atom. The van der Waals surface area contributed by atoms with Crippen molar-refractivity contribution in [2.45, 2.75) is 39.3 Å². The SMILES string of the molecule is CC(C)Oc1ccc(CN2CCCC(C(=O)O)C2)cc1. The van der Waals surface area contributed by atoms with Crippen LogP contribution in [-0.4, -0.2) is 35.2 Å². The zero-order valence-corrected chi connectivity index (χ0v) is 12.2. The van der Waals surface area contributed by atoms with E-state index in [1.165, 1.54) is 5.56 Å². The third kappa shape index (κ3) is 4.23. The maximum Gasteiger partial charge on any atom is 0.307 e. The number of rotatable bonds is 5. The lowest BCUT2D eigenvalue weighted by Gasteiger charge is -2.30. The van der Waals surface area contributed by atoms with Crippen molar-refractivity contribution < 1.29 is 14.6 Å². The quantitative estimate of drug-likeness (QED) is 0.899. The molecule has 1 aromatic rings. The molecule has 0 saturated carbocycles. The zero-order valence-electron chi connectivity index (χ0n) is 12.2. The monoisotopic (exact) mass is 277 g/mol. The Morgan fingerprint density at radius 2 is 2.10 bits per heavy atom. The molecule has 0 radical (unpaired) electrons. The van der Waals surface area contributed by atoms with E-state index in [4.69, 9.17) is 9.84 Å². The molecule has 4 heteroatoms. The highest BCUT2D eigenvalue weighted by molar-refractivity contribution is 5.70. The Bertz CT molecular complexity index is 442. The van der Waals surface area contributed by atoms with Gasteiger partial charge in [0.1, 0.15) is 5.75 Å². The summed E-state index contributed by atoms with van der Waals surface area (Å²) in [6.07, 6.45) is 1.94. The number of hydrogen-bond donors (Lipinski definition) is 1. The van der Waals surface area contributed by atoms with Gasteiger partial charge in [-0.3, -0.25) is 9.69 Å². The van der Waals surface area contributed by atoms with Crippen LogP contribution in [0, 0.1) is 5.92 Å². The molecule has 1 unspecified atom stereocenters. The van der Waals surface area contributed by atoms with Crippen LogP contribution in [0.25, 0.3) is 0 Å². The number of nitrogens with zero attached hydrogens (tertiary/aromatic N) is 1. The van der Waals surface area contributed by atoms with Gasteiger partial charge in [-0.15, -0.1) is 0 Å². The van der Waals surface area contributed by atoms with Crippen LogP contribution in [0.1, 0.15) is 32.3 Å². The molecule has 1 heterocycles. The normalized spacial score (nSPS) is 20.1. The Hall–Kier alpha value is -1.55. The summed E-state index contributed by atoms with van der Waals surface area (Å²) in [4.78, 5) is 13.3. The van der Waals surface area contributed by atoms with Crippen molar-refractivity contribution in [2.75, 3.05) is 13.1 Å². The number of piperidine rings is 1. The Kier molecular flexibility index (Phi) is 5.01. The largest absolute Gasteiger partial charge is 0.491 e. The molecule has 0 bridgehead atoms. The number of carboxylic acid groups (broad SMARTS) is 1. The minimum Gasteiger partial charge on any atom is -0.491 e. The van der Waals surface area contributed by atoms with E-state index in [1.807, 2.05) is 26.0 Å². The fourth-order valence-corrected chi connectivity index (χ4v) is 2.60. The lowest BCUT2D eigenvalue weighted by molar-refractivity contribution is -0.143. The van der Waals surface area contributed by atoms with Crippen LogP contribution in [0.15, 0.2) is 24.3 Å². The zero-order chi connectivity index (χ0) is 14.5. The van der Waals surface area contributed by atoms with Crippen molar-refractivity contribution >= 4 is 5.97 Å². The fraction of sp³-hybridized carbons (Fsp3) is 0.562. The van der Waals surface area contributed by atoms with Crippen LogP contribution in [-0.2, 0) is 11.3 Å². The highest BCUT2D eigenvalue weighted by atomic mass is 16.5. The molecule has 20 heavy (non-hydrogen) atoms. The number of benzene rings is 1. The van der Waals surface area contributed by atoms with Gasteiger partial charge in [0.2, 0.25) is 0 Å². The standard InChI is InChI=1S/C16H23NO3/c1-12(2)20-15-7-5-13(6-8-15)10-17-9-3-4-14(11-17)16(18)19/h5-8,12,14H,3-4,9-11H2,1-2H3,(H,18,19). The van der Waals surface area contributed by atoms with E-state index in [0.29, 0.717) is 6.54 Å². The van der Waals surface area contributed by atoms with Gasteiger partial charge >= 0.3 is 5.97 Å². The van der Waals surface area contributed by atoms with E-state index in [1.54, 1.807) is 0 Å². The molecule has 1 fully saturated rings. The van der Waals surface area contributed by atoms with Crippen molar-refractivity contribution in [3.8, 4) is 5.75 Å². The molecular weight excluding hydrogens is 254 g/mol. The second-order valence-electron chi connectivity index (χ2n) is 5.72. The molecule has 1 N–H and O–H groups in total. The van der Waals surface area contributed by atoms with Crippen LogP contribution in [0.2, 0.25) is 0 Å². The first-order valence-electron chi connectivity index (χ1n) is 7.25. The van der Waals surface area contributed by atoms with E-state index in [2.05, 4.69) is 17.0 Å². The number of hydrogen-bond acceptors (Lipinski definition) is 3. The lowest BCUT2D eigenvalue weighted by Crippen LogP contribution is -2.38. The van der Waals surface area contributed by atoms with E-state index >= 15 is 0 Å². The van der Waals surface area contributed by atoms with Crippen molar-refractivity contribution in [1.29, 1.82) is 0 Å². The molecule has 110 valence electrons. The predicted octanol–water partition coefficient (Wildman–Crippen LogP) is 2.77. The Balaban J connectivity index is 1.91. The molecule has 1 aromatic carbocycles. The van der Waals surface area contributed by atoms with Gasteiger partial charge in [0, 0.05) is 13.1 Å². The van der Waals surface area contributed by atoms with E-state index in [9.17, 15) is 4.79 Å². The molecule has 0 aromatic heterocycles. The summed E-state index contributed by atoms with van der Waals surface area (Å²) < 4.78 is 5.62. The number of ether oxygens (including phenoxy) is 1. The van der Waals surface area contributed by atoms with Gasteiger partial charge in [-0.2, -0.15) is 0 Å². The molecule has 1 atom stereocenters. The minimum atomic E-state index is -0.671. The molecule has 2 rings (SSSR count). The van der Waals surface area contributed by atoms with Crippen LogP contribution in [0.4, 0.5) is 0 Å². The summed E-state index contributed by atoms with van der Waals surface area (Å²) in [6.45, 7) is 6.46. The summed E-state index contributed by atoms with van der Waals surface area (Å²) in [7, 11) is 0. The third-order valence-electron chi connectivity index (χ3n) is 3.56.